The largest absolute Gasteiger partial charge is 0.399 e. The highest BCUT2D eigenvalue weighted by atomic mass is 16.2. The van der Waals surface area contributed by atoms with Gasteiger partial charge in [0.05, 0.1) is 0 Å². The van der Waals surface area contributed by atoms with E-state index >= 15 is 0 Å². The number of nitrogens with zero attached hydrogens (tertiary/aromatic N) is 1. The van der Waals surface area contributed by atoms with E-state index in [9.17, 15) is 9.59 Å². The Kier molecular flexibility index (Phi) is 2.86. The fraction of sp³-hybridized carbons (Fsp3) is 0.154. The highest BCUT2D eigenvalue weighted by Crippen LogP contribution is 2.10. The van der Waals surface area contributed by atoms with Crippen LogP contribution in [0, 0.1) is 0 Å². The van der Waals surface area contributed by atoms with Gasteiger partial charge in [-0.2, -0.15) is 0 Å². The van der Waals surface area contributed by atoms with Gasteiger partial charge in [-0.25, -0.2) is 9.78 Å². The quantitative estimate of drug-likeness (QED) is 0.512. The minimum absolute atomic E-state index is 0.279. The van der Waals surface area contributed by atoms with E-state index in [1.165, 1.54) is 0 Å². The number of aromatic amines is 3. The van der Waals surface area contributed by atoms with E-state index in [2.05, 4.69) is 19.9 Å². The summed E-state index contributed by atoms with van der Waals surface area (Å²) in [4.78, 5) is 34.5. The maximum Gasteiger partial charge on any atom is 0.327 e. The van der Waals surface area contributed by atoms with E-state index in [0.717, 1.165) is 12.0 Å². The van der Waals surface area contributed by atoms with Crippen molar-refractivity contribution in [2.24, 2.45) is 0 Å². The van der Waals surface area contributed by atoms with Crippen LogP contribution in [0.2, 0.25) is 0 Å². The molecule has 0 saturated heterocycles. The average Bonchev–Trinajstić information content (AvgIpc) is 2.80. The molecule has 0 saturated carbocycles. The zero-order chi connectivity index (χ0) is 14.1. The molecule has 1 aromatic carbocycles. The first-order valence-electron chi connectivity index (χ1n) is 6.17. The SMILES string of the molecule is Nc1cccc(CCc2nc3[nH]c(=O)[nH]c(=O)c3[nH]2)c1. The molecule has 3 aromatic rings. The monoisotopic (exact) mass is 271 g/mol. The Morgan fingerprint density at radius 3 is 2.75 bits per heavy atom. The molecular weight excluding hydrogens is 258 g/mol. The summed E-state index contributed by atoms with van der Waals surface area (Å²) in [5.41, 5.74) is 7.06. The van der Waals surface area contributed by atoms with Crippen molar-refractivity contribution in [3.63, 3.8) is 0 Å². The van der Waals surface area contributed by atoms with Crippen LogP contribution in [0.5, 0.6) is 0 Å². The van der Waals surface area contributed by atoms with Gasteiger partial charge in [-0.1, -0.05) is 12.1 Å². The molecule has 0 bridgehead atoms. The molecule has 102 valence electrons. The number of rotatable bonds is 3. The Bertz CT molecular complexity index is 874. The molecule has 7 nitrogen and oxygen atoms in total. The van der Waals surface area contributed by atoms with Crippen LogP contribution in [0.3, 0.4) is 0 Å². The molecule has 0 fully saturated rings. The number of benzene rings is 1. The van der Waals surface area contributed by atoms with Crippen molar-refractivity contribution in [2.75, 3.05) is 5.73 Å². The number of hydrogen-bond donors (Lipinski definition) is 4. The van der Waals surface area contributed by atoms with E-state index in [4.69, 9.17) is 5.73 Å². The Hall–Kier alpha value is -2.83. The summed E-state index contributed by atoms with van der Waals surface area (Å²) in [6.07, 6.45) is 1.37. The van der Waals surface area contributed by atoms with Crippen LogP contribution in [-0.4, -0.2) is 19.9 Å². The summed E-state index contributed by atoms with van der Waals surface area (Å²) in [6, 6.07) is 7.60. The number of hydrogen-bond acceptors (Lipinski definition) is 4. The third kappa shape index (κ3) is 2.33. The van der Waals surface area contributed by atoms with Gasteiger partial charge in [0.1, 0.15) is 11.3 Å². The number of imidazole rings is 1. The van der Waals surface area contributed by atoms with Crippen molar-refractivity contribution in [2.45, 2.75) is 12.8 Å². The second-order valence-electron chi connectivity index (χ2n) is 4.56. The zero-order valence-corrected chi connectivity index (χ0v) is 10.6. The minimum Gasteiger partial charge on any atom is -0.399 e. The van der Waals surface area contributed by atoms with Gasteiger partial charge < -0.3 is 10.7 Å². The Balaban J connectivity index is 1.87. The predicted molar refractivity (Wildman–Crippen MR) is 75.6 cm³/mol. The molecule has 0 aliphatic rings. The van der Waals surface area contributed by atoms with Gasteiger partial charge in [0.2, 0.25) is 0 Å². The Morgan fingerprint density at radius 2 is 1.95 bits per heavy atom. The number of nitrogen functional groups attached to an aromatic ring is 1. The maximum absolute atomic E-state index is 11.6. The second kappa shape index (κ2) is 4.69. The van der Waals surface area contributed by atoms with Crippen molar-refractivity contribution in [1.29, 1.82) is 0 Å². The predicted octanol–water partition coefficient (Wildman–Crippen LogP) is 0.307. The molecular formula is C13H13N5O2. The lowest BCUT2D eigenvalue weighted by atomic mass is 10.1. The second-order valence-corrected chi connectivity index (χ2v) is 4.56. The summed E-state index contributed by atoms with van der Waals surface area (Å²) in [5.74, 6) is 0.648. The molecule has 0 atom stereocenters. The molecule has 20 heavy (non-hydrogen) atoms. The van der Waals surface area contributed by atoms with Crippen LogP contribution in [0.1, 0.15) is 11.4 Å². The number of fused-ring (bicyclic) bond motifs is 1. The highest BCUT2D eigenvalue weighted by Gasteiger charge is 2.07. The summed E-state index contributed by atoms with van der Waals surface area (Å²) >= 11 is 0. The van der Waals surface area contributed by atoms with Gasteiger partial charge in [-0.15, -0.1) is 0 Å². The third-order valence-corrected chi connectivity index (χ3v) is 3.04. The highest BCUT2D eigenvalue weighted by molar-refractivity contribution is 5.68. The number of aromatic nitrogens is 4. The first-order valence-corrected chi connectivity index (χ1v) is 6.17. The first-order chi connectivity index (χ1) is 9.61. The van der Waals surface area contributed by atoms with Crippen LogP contribution in [0.4, 0.5) is 5.69 Å². The zero-order valence-electron chi connectivity index (χ0n) is 10.6. The van der Waals surface area contributed by atoms with Crippen LogP contribution in [-0.2, 0) is 12.8 Å². The normalized spacial score (nSPS) is 11.0. The Labute approximate surface area is 112 Å². The molecule has 0 spiro atoms. The van der Waals surface area contributed by atoms with E-state index < -0.39 is 11.2 Å². The summed E-state index contributed by atoms with van der Waals surface area (Å²) in [6.45, 7) is 0. The molecule has 0 radical (unpaired) electrons. The van der Waals surface area contributed by atoms with E-state index in [-0.39, 0.29) is 11.2 Å². The number of aryl methyl sites for hydroxylation is 2. The van der Waals surface area contributed by atoms with E-state index in [1.54, 1.807) is 0 Å². The van der Waals surface area contributed by atoms with Crippen molar-refractivity contribution in [1.82, 2.24) is 19.9 Å². The summed E-state index contributed by atoms with van der Waals surface area (Å²) in [7, 11) is 0. The van der Waals surface area contributed by atoms with Gasteiger partial charge >= 0.3 is 5.69 Å². The lowest BCUT2D eigenvalue weighted by Gasteiger charge is -2.00. The fourth-order valence-corrected chi connectivity index (χ4v) is 2.11. The van der Waals surface area contributed by atoms with Crippen molar-refractivity contribution in [3.05, 3.63) is 56.5 Å². The van der Waals surface area contributed by atoms with Crippen LogP contribution < -0.4 is 17.0 Å². The third-order valence-electron chi connectivity index (χ3n) is 3.04. The van der Waals surface area contributed by atoms with Gasteiger partial charge in [0.25, 0.3) is 5.56 Å². The summed E-state index contributed by atoms with van der Waals surface area (Å²) in [5, 5.41) is 0. The lowest BCUT2D eigenvalue weighted by molar-refractivity contribution is 0.889. The van der Waals surface area contributed by atoms with Crippen molar-refractivity contribution in [3.8, 4) is 0 Å². The molecule has 0 aliphatic heterocycles. The molecule has 2 heterocycles. The smallest absolute Gasteiger partial charge is 0.327 e. The van der Waals surface area contributed by atoms with Crippen LogP contribution >= 0.6 is 0 Å². The topological polar surface area (TPSA) is 120 Å². The molecule has 7 heteroatoms. The fourth-order valence-electron chi connectivity index (χ4n) is 2.11. The first kappa shape index (κ1) is 12.2. The van der Waals surface area contributed by atoms with Gasteiger partial charge in [0, 0.05) is 12.1 Å². The lowest BCUT2D eigenvalue weighted by Crippen LogP contribution is -2.21. The summed E-state index contributed by atoms with van der Waals surface area (Å²) < 4.78 is 0. The standard InChI is InChI=1S/C13H13N5O2/c14-8-3-1-2-7(6-8)4-5-9-15-10-11(16-9)17-13(20)18-12(10)19/h1-3,6H,4-5,14H2,(H3,15,16,17,18,19,20). The maximum atomic E-state index is 11.6. The molecule has 2 aromatic heterocycles. The van der Waals surface area contributed by atoms with Crippen LogP contribution in [0.25, 0.3) is 11.2 Å². The minimum atomic E-state index is -0.559. The van der Waals surface area contributed by atoms with E-state index in [0.29, 0.717) is 17.9 Å². The van der Waals surface area contributed by atoms with Gasteiger partial charge in [-0.3, -0.25) is 14.8 Å². The van der Waals surface area contributed by atoms with Crippen molar-refractivity contribution >= 4 is 16.9 Å². The van der Waals surface area contributed by atoms with Gasteiger partial charge in [-0.05, 0) is 24.1 Å². The number of nitrogens with two attached hydrogens (primary N) is 1. The molecule has 0 unspecified atom stereocenters. The van der Waals surface area contributed by atoms with E-state index in [1.807, 2.05) is 24.3 Å². The number of nitrogens with one attached hydrogen (secondary N) is 3. The van der Waals surface area contributed by atoms with Crippen LogP contribution in [0.15, 0.2) is 33.9 Å². The molecule has 0 aliphatic carbocycles. The van der Waals surface area contributed by atoms with Gasteiger partial charge in [0.15, 0.2) is 5.65 Å². The van der Waals surface area contributed by atoms with Crippen molar-refractivity contribution < 1.29 is 0 Å². The molecule has 0 amide bonds. The number of H-pyrrole nitrogens is 3. The average molecular weight is 271 g/mol. The Morgan fingerprint density at radius 1 is 1.10 bits per heavy atom. The number of anilines is 1. The molecule has 3 rings (SSSR count). The molecule has 5 N–H and O–H groups in total.